The number of alkyl halides is 3. The third-order valence-corrected chi connectivity index (χ3v) is 8.32. The minimum atomic E-state index is -4.46. The van der Waals surface area contributed by atoms with E-state index in [-0.39, 0.29) is 24.3 Å². The number of benzene rings is 3. The second kappa shape index (κ2) is 12.2. The summed E-state index contributed by atoms with van der Waals surface area (Å²) in [7, 11) is 0. The Labute approximate surface area is 239 Å². The van der Waals surface area contributed by atoms with Gasteiger partial charge < -0.3 is 20.7 Å². The summed E-state index contributed by atoms with van der Waals surface area (Å²) >= 11 is 0. The molecule has 2 heterocycles. The minimum Gasteiger partial charge on any atom is -0.677 e. The summed E-state index contributed by atoms with van der Waals surface area (Å²) in [5, 5.41) is 3.51. The normalized spacial score (nSPS) is 23.7. The van der Waals surface area contributed by atoms with E-state index in [0.717, 1.165) is 23.6 Å². The van der Waals surface area contributed by atoms with E-state index in [1.807, 2.05) is 72.5 Å². The highest BCUT2D eigenvalue weighted by molar-refractivity contribution is 5.78. The average molecular weight is 565 g/mol. The number of unbranched alkanes of at least 4 members (excludes halogenated alkanes) is 1. The lowest BCUT2D eigenvalue weighted by molar-refractivity contribution is -0.168. The van der Waals surface area contributed by atoms with Crippen LogP contribution >= 0.6 is 0 Å². The molecule has 3 aromatic carbocycles. The fourth-order valence-corrected chi connectivity index (χ4v) is 6.21. The quantitative estimate of drug-likeness (QED) is 0.268. The van der Waals surface area contributed by atoms with Crippen LogP contribution in [0.15, 0.2) is 78.9 Å². The second-order valence-electron chi connectivity index (χ2n) is 11.5. The smallest absolute Gasteiger partial charge is 0.416 e. The molecule has 0 unspecified atom stereocenters. The summed E-state index contributed by atoms with van der Waals surface area (Å²) in [6.07, 6.45) is -1.95. The maximum Gasteiger partial charge on any atom is 0.416 e. The van der Waals surface area contributed by atoms with Crippen molar-refractivity contribution in [2.75, 3.05) is 25.0 Å². The monoisotopic (exact) mass is 564 g/mol. The van der Waals surface area contributed by atoms with E-state index in [1.54, 1.807) is 0 Å². The Morgan fingerprint density at radius 2 is 1.76 bits per heavy atom. The first-order valence-electron chi connectivity index (χ1n) is 14.3. The molecule has 4 atom stereocenters. The Balaban J connectivity index is 1.44. The van der Waals surface area contributed by atoms with Crippen molar-refractivity contribution in [1.29, 1.82) is 0 Å². The molecule has 2 aliphatic rings. The zero-order chi connectivity index (χ0) is 29.0. The van der Waals surface area contributed by atoms with E-state index in [2.05, 4.69) is 5.32 Å². The van der Waals surface area contributed by atoms with E-state index in [1.165, 1.54) is 12.1 Å². The van der Waals surface area contributed by atoms with Crippen LogP contribution < -0.4 is 5.32 Å². The van der Waals surface area contributed by atoms with Gasteiger partial charge in [0.1, 0.15) is 0 Å². The Bertz CT molecular complexity index is 1320. The number of hydrogen-bond donors (Lipinski definition) is 1. The van der Waals surface area contributed by atoms with Crippen molar-refractivity contribution in [3.05, 3.63) is 107 Å². The van der Waals surface area contributed by atoms with Crippen LogP contribution in [0.1, 0.15) is 67.0 Å². The third-order valence-electron chi connectivity index (χ3n) is 8.32. The predicted molar refractivity (Wildman–Crippen MR) is 154 cm³/mol. The first-order chi connectivity index (χ1) is 19.7. The summed E-state index contributed by atoms with van der Waals surface area (Å²) in [5.74, 6) is -0.0846. The second-order valence-corrected chi connectivity index (χ2v) is 11.5. The zero-order valence-electron chi connectivity index (χ0n) is 23.3. The molecular formula is C33H37F3N3O2-. The van der Waals surface area contributed by atoms with Gasteiger partial charge in [-0.1, -0.05) is 67.1 Å². The molecule has 218 valence electrons. The minimum absolute atomic E-state index is 0.0136. The van der Waals surface area contributed by atoms with Gasteiger partial charge in [0.05, 0.1) is 29.7 Å². The van der Waals surface area contributed by atoms with Crippen LogP contribution in [0.3, 0.4) is 0 Å². The molecule has 41 heavy (non-hydrogen) atoms. The molecule has 8 heteroatoms. The fourth-order valence-electron chi connectivity index (χ4n) is 6.21. The lowest BCUT2D eigenvalue weighted by Crippen LogP contribution is -2.51. The number of halogens is 3. The van der Waals surface area contributed by atoms with Crippen molar-refractivity contribution < 1.29 is 22.7 Å². The van der Waals surface area contributed by atoms with Gasteiger partial charge in [-0.25, -0.2) is 0 Å². The van der Waals surface area contributed by atoms with Crippen LogP contribution in [-0.4, -0.2) is 36.0 Å². The van der Waals surface area contributed by atoms with Crippen molar-refractivity contribution in [3.63, 3.8) is 0 Å². The lowest BCUT2D eigenvalue weighted by Gasteiger charge is -2.50. The number of fused-ring (bicyclic) bond motifs is 3. The summed E-state index contributed by atoms with van der Waals surface area (Å²) < 4.78 is 48.1. The summed E-state index contributed by atoms with van der Waals surface area (Å²) in [4.78, 5) is 15.3. The Kier molecular flexibility index (Phi) is 8.71. The molecule has 0 bridgehead atoms. The highest BCUT2D eigenvalue weighted by Gasteiger charge is 2.47. The molecule has 1 saturated heterocycles. The molecule has 2 N–H and O–H groups in total. The number of ether oxygens (including phenoxy) is 1. The molecule has 5 rings (SSSR count). The predicted octanol–water partition coefficient (Wildman–Crippen LogP) is 8.00. The van der Waals surface area contributed by atoms with Crippen LogP contribution in [0.4, 0.5) is 18.9 Å². The Morgan fingerprint density at radius 3 is 2.44 bits per heavy atom. The highest BCUT2D eigenvalue weighted by atomic mass is 19.4. The number of hydrogen-bond acceptors (Lipinski definition) is 3. The molecule has 0 saturated carbocycles. The van der Waals surface area contributed by atoms with Crippen LogP contribution in [0.25, 0.3) is 5.73 Å². The molecule has 2 aliphatic heterocycles. The largest absolute Gasteiger partial charge is 0.677 e. The molecule has 0 aliphatic carbocycles. The summed E-state index contributed by atoms with van der Waals surface area (Å²) in [6, 6.07) is 23.3. The number of nitrogens with one attached hydrogen (secondary N) is 2. The topological polar surface area (TPSA) is 65.4 Å². The standard InChI is InChI=1S/C33H37F3N3O2/c1-32(22-39(19-9-8-18-37)29(40)20-23-10-4-2-5-11-23)17-16-26-30(24-12-6-3-7-13-24)38-28-15-14-25(33(34,35)36)21-27(28)31(26)41-32/h2-7,10-15,21,26,30-31,37-38H,8-9,16-20,22H2,1H3/q-1/t26-,30-,31-,32+/m0/s1. The van der Waals surface area contributed by atoms with Gasteiger partial charge >= 0.3 is 6.18 Å². The van der Waals surface area contributed by atoms with Gasteiger partial charge in [0.2, 0.25) is 5.91 Å². The fraction of sp³-hybridized carbons (Fsp3) is 0.424. The molecule has 1 amide bonds. The van der Waals surface area contributed by atoms with E-state index in [4.69, 9.17) is 10.5 Å². The number of amides is 1. The molecule has 1 fully saturated rings. The van der Waals surface area contributed by atoms with Crippen molar-refractivity contribution in [3.8, 4) is 0 Å². The van der Waals surface area contributed by atoms with Gasteiger partial charge in [-0.3, -0.25) is 4.79 Å². The highest BCUT2D eigenvalue weighted by Crippen LogP contribution is 2.53. The average Bonchev–Trinajstić information content (AvgIpc) is 2.96. The first kappa shape index (κ1) is 29.1. The van der Waals surface area contributed by atoms with Crippen molar-refractivity contribution >= 4 is 11.6 Å². The summed E-state index contributed by atoms with van der Waals surface area (Å²) in [6.45, 7) is 3.13. The van der Waals surface area contributed by atoms with Gasteiger partial charge in [0.15, 0.2) is 0 Å². The van der Waals surface area contributed by atoms with Gasteiger partial charge in [-0.2, -0.15) is 19.7 Å². The van der Waals surface area contributed by atoms with Gasteiger partial charge in [0.25, 0.3) is 0 Å². The number of carbonyl (C=O) groups excluding carboxylic acids is 1. The number of nitrogens with zero attached hydrogens (tertiary/aromatic N) is 1. The number of carbonyl (C=O) groups is 1. The molecular weight excluding hydrogens is 527 g/mol. The van der Waals surface area contributed by atoms with Crippen molar-refractivity contribution in [2.24, 2.45) is 5.92 Å². The molecule has 5 nitrogen and oxygen atoms in total. The SMILES string of the molecule is C[C@]1(CN(CCCC[NH-])C(=O)Cc2ccccc2)CC[C@@H]2[C@H](O1)c1cc(C(F)(F)F)ccc1N[C@H]2c1ccccc1. The van der Waals surface area contributed by atoms with Gasteiger partial charge in [-0.05, 0) is 55.5 Å². The van der Waals surface area contributed by atoms with Crippen LogP contribution in [-0.2, 0) is 22.1 Å². The Hall–Kier alpha value is -3.36. The summed E-state index contributed by atoms with van der Waals surface area (Å²) in [5.41, 5.74) is 9.25. The van der Waals surface area contributed by atoms with Crippen LogP contribution in [0.2, 0.25) is 0 Å². The zero-order valence-corrected chi connectivity index (χ0v) is 23.3. The lowest BCUT2D eigenvalue weighted by atomic mass is 9.74. The van der Waals surface area contributed by atoms with E-state index < -0.39 is 23.4 Å². The van der Waals surface area contributed by atoms with E-state index in [9.17, 15) is 18.0 Å². The maximum atomic E-state index is 13.7. The maximum absolute atomic E-state index is 13.7. The van der Waals surface area contributed by atoms with Crippen LogP contribution in [0, 0.1) is 5.92 Å². The molecule has 0 spiro atoms. The van der Waals surface area contributed by atoms with E-state index >= 15 is 0 Å². The number of anilines is 1. The molecule has 3 aromatic rings. The number of rotatable bonds is 9. The molecule has 0 radical (unpaired) electrons. The third kappa shape index (κ3) is 6.76. The van der Waals surface area contributed by atoms with Gasteiger partial charge in [0, 0.05) is 30.3 Å². The van der Waals surface area contributed by atoms with Gasteiger partial charge in [-0.15, -0.1) is 0 Å². The van der Waals surface area contributed by atoms with Crippen LogP contribution in [0.5, 0.6) is 0 Å². The first-order valence-corrected chi connectivity index (χ1v) is 14.3. The van der Waals surface area contributed by atoms with Crippen molar-refractivity contribution in [2.45, 2.75) is 63.0 Å². The van der Waals surface area contributed by atoms with E-state index in [0.29, 0.717) is 50.1 Å². The van der Waals surface area contributed by atoms with Crippen molar-refractivity contribution in [1.82, 2.24) is 4.90 Å². The molecule has 0 aromatic heterocycles. The Morgan fingerprint density at radius 1 is 1.05 bits per heavy atom.